The first-order valence-corrected chi connectivity index (χ1v) is 10.4. The zero-order valence-electron chi connectivity index (χ0n) is 15.8. The molecule has 2 aliphatic rings. The number of hydrogen-bond donors (Lipinski definition) is 1. The number of para-hydroxylation sites is 2. The summed E-state index contributed by atoms with van der Waals surface area (Å²) in [4.78, 5) is 13.7. The molecule has 1 saturated carbocycles. The number of nitrogens with zero attached hydrogens (tertiary/aromatic N) is 3. The van der Waals surface area contributed by atoms with E-state index in [1.54, 1.807) is 0 Å². The minimum Gasteiger partial charge on any atom is -0.336 e. The zero-order chi connectivity index (χ0) is 18.1. The fourth-order valence-electron chi connectivity index (χ4n) is 4.41. The molecule has 4 nitrogen and oxygen atoms in total. The first-order chi connectivity index (χ1) is 13.4. The van der Waals surface area contributed by atoms with Crippen LogP contribution in [0.5, 0.6) is 0 Å². The monoisotopic (exact) mass is 360 g/mol. The summed E-state index contributed by atoms with van der Waals surface area (Å²) in [5.41, 5.74) is 3.68. The van der Waals surface area contributed by atoms with E-state index in [0.717, 1.165) is 23.4 Å². The normalized spacial score (nSPS) is 18.8. The summed E-state index contributed by atoms with van der Waals surface area (Å²) >= 11 is 0. The predicted octanol–water partition coefficient (Wildman–Crippen LogP) is 4.24. The summed E-state index contributed by atoms with van der Waals surface area (Å²) in [6.07, 6.45) is 6.25. The quantitative estimate of drug-likeness (QED) is 0.714. The highest BCUT2D eigenvalue weighted by molar-refractivity contribution is 5.77. The Bertz CT molecular complexity index is 843. The van der Waals surface area contributed by atoms with Crippen LogP contribution >= 0.6 is 0 Å². The number of rotatable bonds is 6. The number of imidazole rings is 1. The lowest BCUT2D eigenvalue weighted by molar-refractivity contribution is 0.210. The lowest BCUT2D eigenvalue weighted by Crippen LogP contribution is -2.46. The maximum absolute atomic E-state index is 4.90. The van der Waals surface area contributed by atoms with E-state index < -0.39 is 0 Å². The van der Waals surface area contributed by atoms with E-state index in [9.17, 15) is 0 Å². The van der Waals surface area contributed by atoms with Crippen LogP contribution in [0.3, 0.4) is 0 Å². The van der Waals surface area contributed by atoms with Gasteiger partial charge in [-0.15, -0.1) is 0 Å². The van der Waals surface area contributed by atoms with Crippen molar-refractivity contribution in [3.05, 3.63) is 60.2 Å². The van der Waals surface area contributed by atoms with Crippen LogP contribution in [0.15, 0.2) is 54.6 Å². The average Bonchev–Trinajstić information content (AvgIpc) is 3.46. The summed E-state index contributed by atoms with van der Waals surface area (Å²) < 4.78 is 0. The molecule has 0 radical (unpaired) electrons. The van der Waals surface area contributed by atoms with Gasteiger partial charge in [0.25, 0.3) is 0 Å². The van der Waals surface area contributed by atoms with Crippen LogP contribution in [0.4, 0.5) is 5.95 Å². The number of anilines is 1. The van der Waals surface area contributed by atoms with E-state index in [-0.39, 0.29) is 0 Å². The van der Waals surface area contributed by atoms with Crippen molar-refractivity contribution in [2.24, 2.45) is 0 Å². The SMILES string of the molecule is c1ccc(CCN2CCC(N(c3nc4ccccc4[nH]3)C3CC3)CC2)cc1. The third-order valence-electron chi connectivity index (χ3n) is 6.07. The topological polar surface area (TPSA) is 35.2 Å². The van der Waals surface area contributed by atoms with E-state index in [1.165, 1.54) is 50.9 Å². The molecule has 2 fully saturated rings. The summed E-state index contributed by atoms with van der Waals surface area (Å²) in [5, 5.41) is 0. The van der Waals surface area contributed by atoms with Gasteiger partial charge in [0.15, 0.2) is 0 Å². The minimum atomic E-state index is 0.617. The van der Waals surface area contributed by atoms with Crippen molar-refractivity contribution in [3.63, 3.8) is 0 Å². The van der Waals surface area contributed by atoms with Gasteiger partial charge in [0.1, 0.15) is 0 Å². The molecule has 0 atom stereocenters. The molecule has 1 N–H and O–H groups in total. The smallest absolute Gasteiger partial charge is 0.204 e. The molecule has 1 aliphatic carbocycles. The first-order valence-electron chi connectivity index (χ1n) is 10.4. The lowest BCUT2D eigenvalue weighted by atomic mass is 10.0. The largest absolute Gasteiger partial charge is 0.336 e. The van der Waals surface area contributed by atoms with Gasteiger partial charge in [0.05, 0.1) is 11.0 Å². The van der Waals surface area contributed by atoms with Crippen LogP contribution in [-0.2, 0) is 6.42 Å². The molecule has 0 spiro atoms. The summed E-state index contributed by atoms with van der Waals surface area (Å²) in [6, 6.07) is 20.5. The number of likely N-dealkylation sites (tertiary alicyclic amines) is 1. The van der Waals surface area contributed by atoms with E-state index in [1.807, 2.05) is 0 Å². The number of nitrogens with one attached hydrogen (secondary N) is 1. The molecule has 4 heteroatoms. The van der Waals surface area contributed by atoms with Gasteiger partial charge in [-0.05, 0) is 49.8 Å². The van der Waals surface area contributed by atoms with Crippen LogP contribution < -0.4 is 4.90 Å². The Morgan fingerprint density at radius 1 is 0.889 bits per heavy atom. The molecule has 1 aliphatic heterocycles. The van der Waals surface area contributed by atoms with Gasteiger partial charge < -0.3 is 14.8 Å². The molecule has 3 aromatic rings. The van der Waals surface area contributed by atoms with Gasteiger partial charge in [-0.25, -0.2) is 4.98 Å². The van der Waals surface area contributed by atoms with Gasteiger partial charge in [0.2, 0.25) is 5.95 Å². The number of hydrogen-bond acceptors (Lipinski definition) is 3. The maximum atomic E-state index is 4.90. The van der Waals surface area contributed by atoms with Gasteiger partial charge in [0, 0.05) is 31.7 Å². The third-order valence-corrected chi connectivity index (χ3v) is 6.07. The maximum Gasteiger partial charge on any atom is 0.204 e. The Morgan fingerprint density at radius 3 is 2.33 bits per heavy atom. The molecule has 1 saturated heterocycles. The van der Waals surface area contributed by atoms with Crippen molar-refractivity contribution < 1.29 is 0 Å². The third kappa shape index (κ3) is 3.72. The van der Waals surface area contributed by atoms with Crippen molar-refractivity contribution in [1.29, 1.82) is 0 Å². The van der Waals surface area contributed by atoms with Crippen LogP contribution in [0.1, 0.15) is 31.2 Å². The number of piperidine rings is 1. The Labute approximate surface area is 161 Å². The minimum absolute atomic E-state index is 0.617. The van der Waals surface area contributed by atoms with Crippen molar-refractivity contribution in [3.8, 4) is 0 Å². The summed E-state index contributed by atoms with van der Waals surface area (Å²) in [7, 11) is 0. The van der Waals surface area contributed by atoms with Crippen molar-refractivity contribution in [1.82, 2.24) is 14.9 Å². The highest BCUT2D eigenvalue weighted by Gasteiger charge is 2.37. The van der Waals surface area contributed by atoms with Crippen LogP contribution in [0.2, 0.25) is 0 Å². The number of aromatic nitrogens is 2. The molecule has 2 aromatic carbocycles. The zero-order valence-corrected chi connectivity index (χ0v) is 15.8. The highest BCUT2D eigenvalue weighted by Crippen LogP contribution is 2.35. The number of H-pyrrole nitrogens is 1. The molecular weight excluding hydrogens is 332 g/mol. The van der Waals surface area contributed by atoms with Crippen LogP contribution in [-0.4, -0.2) is 46.6 Å². The first kappa shape index (κ1) is 16.8. The Morgan fingerprint density at radius 2 is 1.59 bits per heavy atom. The van der Waals surface area contributed by atoms with Crippen molar-refractivity contribution in [2.75, 3.05) is 24.5 Å². The Hall–Kier alpha value is -2.33. The van der Waals surface area contributed by atoms with E-state index >= 15 is 0 Å². The number of fused-ring (bicyclic) bond motifs is 1. The molecule has 27 heavy (non-hydrogen) atoms. The number of benzene rings is 2. The van der Waals surface area contributed by atoms with Gasteiger partial charge in [-0.1, -0.05) is 42.5 Å². The molecule has 1 aromatic heterocycles. The molecular formula is C23H28N4. The van der Waals surface area contributed by atoms with Gasteiger partial charge in [-0.2, -0.15) is 0 Å². The molecule has 2 heterocycles. The average molecular weight is 361 g/mol. The van der Waals surface area contributed by atoms with Crippen molar-refractivity contribution >= 4 is 17.0 Å². The molecule has 0 bridgehead atoms. The second-order valence-corrected chi connectivity index (χ2v) is 8.02. The van der Waals surface area contributed by atoms with Crippen LogP contribution in [0, 0.1) is 0 Å². The predicted molar refractivity (Wildman–Crippen MR) is 111 cm³/mol. The fourth-order valence-corrected chi connectivity index (χ4v) is 4.41. The van der Waals surface area contributed by atoms with E-state index in [2.05, 4.69) is 69.4 Å². The standard InChI is InChI=1S/C23H28N4/c1-2-6-18(7-3-1)12-15-26-16-13-20(14-17-26)27(19-10-11-19)23-24-21-8-4-5-9-22(21)25-23/h1-9,19-20H,10-17H2,(H,24,25). The highest BCUT2D eigenvalue weighted by atomic mass is 15.3. The molecule has 0 amide bonds. The number of aromatic amines is 1. The second kappa shape index (κ2) is 7.35. The van der Waals surface area contributed by atoms with Gasteiger partial charge in [-0.3, -0.25) is 0 Å². The van der Waals surface area contributed by atoms with Crippen LogP contribution in [0.25, 0.3) is 11.0 Å². The lowest BCUT2D eigenvalue weighted by Gasteiger charge is -2.38. The Balaban J connectivity index is 1.23. The van der Waals surface area contributed by atoms with Crippen molar-refractivity contribution in [2.45, 2.75) is 44.2 Å². The van der Waals surface area contributed by atoms with E-state index in [0.29, 0.717) is 12.1 Å². The molecule has 140 valence electrons. The fraction of sp³-hybridized carbons (Fsp3) is 0.435. The second-order valence-electron chi connectivity index (χ2n) is 8.02. The molecule has 5 rings (SSSR count). The summed E-state index contributed by atoms with van der Waals surface area (Å²) in [5.74, 6) is 1.08. The Kier molecular flexibility index (Phi) is 4.58. The molecule has 0 unspecified atom stereocenters. The summed E-state index contributed by atoms with van der Waals surface area (Å²) in [6.45, 7) is 3.56. The van der Waals surface area contributed by atoms with Gasteiger partial charge >= 0.3 is 0 Å². The van der Waals surface area contributed by atoms with E-state index in [4.69, 9.17) is 4.98 Å².